The molecule has 0 bridgehead atoms. The van der Waals surface area contributed by atoms with Crippen LogP contribution in [-0.2, 0) is 6.54 Å². The summed E-state index contributed by atoms with van der Waals surface area (Å²) in [5.41, 5.74) is 2.32. The summed E-state index contributed by atoms with van der Waals surface area (Å²) in [6.45, 7) is 6.57. The van der Waals surface area contributed by atoms with Gasteiger partial charge in [-0.3, -0.25) is 0 Å². The van der Waals surface area contributed by atoms with E-state index < -0.39 is 0 Å². The zero-order chi connectivity index (χ0) is 12.1. The van der Waals surface area contributed by atoms with Crippen molar-refractivity contribution in [1.82, 2.24) is 14.9 Å². The highest BCUT2D eigenvalue weighted by molar-refractivity contribution is 5.74. The summed E-state index contributed by atoms with van der Waals surface area (Å²) in [5, 5.41) is 3.51. The van der Waals surface area contributed by atoms with Crippen LogP contribution in [0.1, 0.15) is 26.7 Å². The maximum Gasteiger partial charge on any atom is 0.0958 e. The van der Waals surface area contributed by atoms with E-state index in [9.17, 15) is 0 Å². The normalized spacial score (nSPS) is 13.1. The van der Waals surface area contributed by atoms with Crippen molar-refractivity contribution < 1.29 is 0 Å². The largest absolute Gasteiger partial charge is 0.331 e. The summed E-state index contributed by atoms with van der Waals surface area (Å²) < 4.78 is 2.24. The Hall–Kier alpha value is -1.35. The standard InChI is InChI=1S/C14H21N3/c1-3-9-15-12(2)8-10-17-11-16-13-6-4-5-7-14(13)17/h4-7,11-12,15H,3,8-10H2,1-2H3. The lowest BCUT2D eigenvalue weighted by Crippen LogP contribution is -2.27. The summed E-state index contributed by atoms with van der Waals surface area (Å²) >= 11 is 0. The van der Waals surface area contributed by atoms with Gasteiger partial charge in [0.1, 0.15) is 0 Å². The number of para-hydroxylation sites is 2. The van der Waals surface area contributed by atoms with Crippen molar-refractivity contribution >= 4 is 11.0 Å². The molecule has 0 amide bonds. The molecule has 3 heteroatoms. The molecule has 0 radical (unpaired) electrons. The van der Waals surface area contributed by atoms with Crippen LogP contribution in [0.3, 0.4) is 0 Å². The van der Waals surface area contributed by atoms with Crippen LogP contribution in [0.25, 0.3) is 11.0 Å². The van der Waals surface area contributed by atoms with E-state index in [4.69, 9.17) is 0 Å². The molecule has 2 rings (SSSR count). The number of aryl methyl sites for hydroxylation is 1. The van der Waals surface area contributed by atoms with Gasteiger partial charge in [-0.1, -0.05) is 19.1 Å². The van der Waals surface area contributed by atoms with Gasteiger partial charge < -0.3 is 9.88 Å². The SMILES string of the molecule is CCCNC(C)CCn1cnc2ccccc21. The van der Waals surface area contributed by atoms with Gasteiger partial charge in [0.2, 0.25) is 0 Å². The summed E-state index contributed by atoms with van der Waals surface area (Å²) in [5.74, 6) is 0. The number of fused-ring (bicyclic) bond motifs is 1. The average Bonchev–Trinajstić information content (AvgIpc) is 2.77. The molecule has 0 saturated carbocycles. The van der Waals surface area contributed by atoms with E-state index in [1.807, 2.05) is 12.4 Å². The van der Waals surface area contributed by atoms with Gasteiger partial charge in [-0.05, 0) is 38.4 Å². The molecule has 3 nitrogen and oxygen atoms in total. The van der Waals surface area contributed by atoms with E-state index in [0.717, 1.165) is 25.0 Å². The molecule has 0 saturated heterocycles. The molecule has 0 aliphatic rings. The number of aromatic nitrogens is 2. The highest BCUT2D eigenvalue weighted by Gasteiger charge is 2.04. The Balaban J connectivity index is 1.95. The minimum Gasteiger partial charge on any atom is -0.331 e. The molecule has 1 N–H and O–H groups in total. The monoisotopic (exact) mass is 231 g/mol. The maximum atomic E-state index is 4.40. The summed E-state index contributed by atoms with van der Waals surface area (Å²) in [4.78, 5) is 4.40. The molecule has 2 aromatic rings. The number of rotatable bonds is 6. The average molecular weight is 231 g/mol. The number of hydrogen-bond donors (Lipinski definition) is 1. The lowest BCUT2D eigenvalue weighted by Gasteiger charge is -2.13. The van der Waals surface area contributed by atoms with Crippen molar-refractivity contribution in [3.05, 3.63) is 30.6 Å². The smallest absolute Gasteiger partial charge is 0.0958 e. The predicted molar refractivity (Wildman–Crippen MR) is 72.1 cm³/mol. The summed E-state index contributed by atoms with van der Waals surface area (Å²) in [7, 11) is 0. The van der Waals surface area contributed by atoms with Gasteiger partial charge in [-0.2, -0.15) is 0 Å². The van der Waals surface area contributed by atoms with E-state index in [2.05, 4.69) is 46.9 Å². The van der Waals surface area contributed by atoms with Gasteiger partial charge in [0.05, 0.1) is 17.4 Å². The third-order valence-corrected chi connectivity index (χ3v) is 3.07. The quantitative estimate of drug-likeness (QED) is 0.828. The van der Waals surface area contributed by atoms with E-state index >= 15 is 0 Å². The molecule has 1 unspecified atom stereocenters. The van der Waals surface area contributed by atoms with E-state index in [1.165, 1.54) is 11.9 Å². The van der Waals surface area contributed by atoms with Crippen molar-refractivity contribution in [2.45, 2.75) is 39.3 Å². The second-order valence-electron chi connectivity index (χ2n) is 4.57. The molecule has 1 aromatic carbocycles. The van der Waals surface area contributed by atoms with Crippen LogP contribution in [0, 0.1) is 0 Å². The van der Waals surface area contributed by atoms with Crippen LogP contribution in [0.4, 0.5) is 0 Å². The Morgan fingerprint density at radius 1 is 1.35 bits per heavy atom. The van der Waals surface area contributed by atoms with Gasteiger partial charge in [0.25, 0.3) is 0 Å². The molecule has 1 aromatic heterocycles. The molecule has 0 aliphatic heterocycles. The molecule has 0 aliphatic carbocycles. The molecule has 1 atom stereocenters. The predicted octanol–water partition coefficient (Wildman–Crippen LogP) is 2.81. The highest BCUT2D eigenvalue weighted by atomic mass is 15.0. The Kier molecular flexibility index (Phi) is 4.15. The number of benzene rings is 1. The number of imidazole rings is 1. The lowest BCUT2D eigenvalue weighted by atomic mass is 10.2. The van der Waals surface area contributed by atoms with Crippen molar-refractivity contribution in [3.63, 3.8) is 0 Å². The zero-order valence-electron chi connectivity index (χ0n) is 10.7. The first-order chi connectivity index (χ1) is 8.31. The molecular formula is C14H21N3. The maximum absolute atomic E-state index is 4.40. The Morgan fingerprint density at radius 3 is 3.00 bits per heavy atom. The minimum atomic E-state index is 0.566. The van der Waals surface area contributed by atoms with Gasteiger partial charge in [-0.15, -0.1) is 0 Å². The van der Waals surface area contributed by atoms with Crippen LogP contribution in [0.5, 0.6) is 0 Å². The van der Waals surface area contributed by atoms with Gasteiger partial charge in [-0.25, -0.2) is 4.98 Å². The van der Waals surface area contributed by atoms with Gasteiger partial charge >= 0.3 is 0 Å². The number of hydrogen-bond acceptors (Lipinski definition) is 2. The summed E-state index contributed by atoms with van der Waals surface area (Å²) in [6.07, 6.45) is 4.27. The van der Waals surface area contributed by atoms with Crippen LogP contribution < -0.4 is 5.32 Å². The number of nitrogens with zero attached hydrogens (tertiary/aromatic N) is 2. The van der Waals surface area contributed by atoms with Crippen molar-refractivity contribution in [2.75, 3.05) is 6.54 Å². The summed E-state index contributed by atoms with van der Waals surface area (Å²) in [6, 6.07) is 8.86. The van der Waals surface area contributed by atoms with Gasteiger partial charge in [0.15, 0.2) is 0 Å². The zero-order valence-corrected chi connectivity index (χ0v) is 10.7. The van der Waals surface area contributed by atoms with Crippen LogP contribution in [0.15, 0.2) is 30.6 Å². The molecule has 0 spiro atoms. The molecular weight excluding hydrogens is 210 g/mol. The van der Waals surface area contributed by atoms with Crippen molar-refractivity contribution in [2.24, 2.45) is 0 Å². The van der Waals surface area contributed by atoms with Crippen molar-refractivity contribution in [1.29, 1.82) is 0 Å². The fraction of sp³-hybridized carbons (Fsp3) is 0.500. The fourth-order valence-electron chi connectivity index (χ4n) is 2.01. The third-order valence-electron chi connectivity index (χ3n) is 3.07. The van der Waals surface area contributed by atoms with Crippen LogP contribution in [0.2, 0.25) is 0 Å². The Bertz CT molecular complexity index is 461. The second kappa shape index (κ2) is 5.82. The molecule has 0 fully saturated rings. The number of nitrogens with one attached hydrogen (secondary N) is 1. The molecule has 1 heterocycles. The molecule has 92 valence electrons. The fourth-order valence-corrected chi connectivity index (χ4v) is 2.01. The lowest BCUT2D eigenvalue weighted by molar-refractivity contribution is 0.480. The van der Waals surface area contributed by atoms with E-state index in [1.54, 1.807) is 0 Å². The van der Waals surface area contributed by atoms with E-state index in [0.29, 0.717) is 6.04 Å². The second-order valence-corrected chi connectivity index (χ2v) is 4.57. The third kappa shape index (κ3) is 3.07. The first kappa shape index (κ1) is 12.1. The van der Waals surface area contributed by atoms with E-state index in [-0.39, 0.29) is 0 Å². The van der Waals surface area contributed by atoms with Crippen LogP contribution >= 0.6 is 0 Å². The first-order valence-electron chi connectivity index (χ1n) is 6.44. The Morgan fingerprint density at radius 2 is 2.18 bits per heavy atom. The Labute approximate surface area is 103 Å². The van der Waals surface area contributed by atoms with Gasteiger partial charge in [0, 0.05) is 12.6 Å². The minimum absolute atomic E-state index is 0.566. The topological polar surface area (TPSA) is 29.9 Å². The first-order valence-corrected chi connectivity index (χ1v) is 6.44. The van der Waals surface area contributed by atoms with Crippen LogP contribution in [-0.4, -0.2) is 22.1 Å². The highest BCUT2D eigenvalue weighted by Crippen LogP contribution is 2.12. The van der Waals surface area contributed by atoms with Crippen molar-refractivity contribution in [3.8, 4) is 0 Å². The molecule has 17 heavy (non-hydrogen) atoms.